The lowest BCUT2D eigenvalue weighted by molar-refractivity contribution is -0.142. The molecule has 5 heteroatoms. The Morgan fingerprint density at radius 1 is 1.06 bits per heavy atom. The second kappa shape index (κ2) is 15.1. The predicted molar refractivity (Wildman–Crippen MR) is 132 cm³/mol. The fraction of sp³-hybridized carbons (Fsp3) is 0.407. The highest BCUT2D eigenvalue weighted by Crippen LogP contribution is 2.32. The van der Waals surface area contributed by atoms with Crippen LogP contribution in [0.5, 0.6) is 0 Å². The van der Waals surface area contributed by atoms with Crippen LogP contribution in [0.25, 0.3) is 22.0 Å². The summed E-state index contributed by atoms with van der Waals surface area (Å²) in [7, 11) is 0. The van der Waals surface area contributed by atoms with Gasteiger partial charge in [-0.05, 0) is 48.1 Å². The van der Waals surface area contributed by atoms with Crippen LogP contribution in [-0.2, 0) is 22.4 Å². The van der Waals surface area contributed by atoms with E-state index < -0.39 is 6.10 Å². The summed E-state index contributed by atoms with van der Waals surface area (Å²) in [5.74, 6) is -0.275. The van der Waals surface area contributed by atoms with E-state index >= 15 is 0 Å². The Morgan fingerprint density at radius 3 is 2.47 bits per heavy atom. The number of fused-ring (bicyclic) bond motifs is 1. The average molecular weight is 440 g/mol. The molecule has 0 saturated carbocycles. The number of carbonyl (C=O) groups excluding carboxylic acids is 1. The van der Waals surface area contributed by atoms with Gasteiger partial charge in [0, 0.05) is 11.6 Å². The molecule has 174 valence electrons. The van der Waals surface area contributed by atoms with Gasteiger partial charge in [-0.3, -0.25) is 9.78 Å². The number of para-hydroxylation sites is 1. The minimum absolute atomic E-state index is 0.161. The van der Waals surface area contributed by atoms with E-state index in [2.05, 4.69) is 11.1 Å². The zero-order valence-electron chi connectivity index (χ0n) is 20.0. The molecule has 0 bridgehead atoms. The number of nitrogens with zero attached hydrogens (tertiary/aromatic N) is 1. The van der Waals surface area contributed by atoms with Crippen molar-refractivity contribution < 1.29 is 19.7 Å². The fourth-order valence-corrected chi connectivity index (χ4v) is 3.33. The van der Waals surface area contributed by atoms with Gasteiger partial charge in [0.1, 0.15) is 0 Å². The highest BCUT2D eigenvalue weighted by Gasteiger charge is 2.15. The molecular weight excluding hydrogens is 402 g/mol. The number of aliphatic hydroxyl groups excluding tert-OH is 2. The summed E-state index contributed by atoms with van der Waals surface area (Å²) < 4.78 is 5.13. The lowest BCUT2D eigenvalue weighted by atomic mass is 9.93. The molecule has 0 amide bonds. The monoisotopic (exact) mass is 439 g/mol. The van der Waals surface area contributed by atoms with E-state index in [-0.39, 0.29) is 19.0 Å². The van der Waals surface area contributed by atoms with Gasteiger partial charge in [-0.15, -0.1) is 0 Å². The number of pyridine rings is 1. The molecule has 3 rings (SSSR count). The molecule has 1 atom stereocenters. The maximum absolute atomic E-state index is 12.1. The first kappa shape index (κ1) is 27.3. The maximum atomic E-state index is 12.1. The molecular formula is C27H37NO4. The van der Waals surface area contributed by atoms with Crippen molar-refractivity contribution in [1.82, 2.24) is 4.98 Å². The van der Waals surface area contributed by atoms with Gasteiger partial charge in [-0.2, -0.15) is 0 Å². The number of aryl methyl sites for hydroxylation is 1. The summed E-state index contributed by atoms with van der Waals surface area (Å²) in [6, 6.07) is 15.9. The molecule has 2 aromatic carbocycles. The summed E-state index contributed by atoms with van der Waals surface area (Å²) in [5, 5.41) is 19.6. The van der Waals surface area contributed by atoms with E-state index in [1.807, 2.05) is 70.2 Å². The van der Waals surface area contributed by atoms with E-state index in [1.165, 1.54) is 0 Å². The largest absolute Gasteiger partial charge is 0.466 e. The van der Waals surface area contributed by atoms with Gasteiger partial charge >= 0.3 is 5.97 Å². The summed E-state index contributed by atoms with van der Waals surface area (Å²) in [5.41, 5.74) is 4.72. The molecule has 2 N–H and O–H groups in total. The molecule has 3 aromatic rings. The molecule has 0 aliphatic carbocycles. The van der Waals surface area contributed by atoms with Gasteiger partial charge in [-0.25, -0.2) is 0 Å². The van der Waals surface area contributed by atoms with Crippen molar-refractivity contribution >= 4 is 16.9 Å². The van der Waals surface area contributed by atoms with Crippen molar-refractivity contribution in [2.24, 2.45) is 0 Å². The number of hydrogen-bond donors (Lipinski definition) is 2. The van der Waals surface area contributed by atoms with Crippen molar-refractivity contribution in [2.45, 2.75) is 60.0 Å². The normalized spacial score (nSPS) is 11.0. The minimum Gasteiger partial charge on any atom is -0.466 e. The molecule has 0 fully saturated rings. The number of hydrogen-bond acceptors (Lipinski definition) is 5. The Kier molecular flexibility index (Phi) is 12.9. The van der Waals surface area contributed by atoms with Crippen molar-refractivity contribution in [3.05, 3.63) is 65.9 Å². The smallest absolute Gasteiger partial charge is 0.310 e. The van der Waals surface area contributed by atoms with Crippen LogP contribution in [0.15, 0.2) is 54.7 Å². The van der Waals surface area contributed by atoms with E-state index in [4.69, 9.17) is 9.84 Å². The average Bonchev–Trinajstić information content (AvgIpc) is 2.85. The van der Waals surface area contributed by atoms with E-state index in [0.29, 0.717) is 19.4 Å². The van der Waals surface area contributed by atoms with Gasteiger partial charge in [0.2, 0.25) is 0 Å². The molecule has 0 aliphatic heterocycles. The van der Waals surface area contributed by atoms with E-state index in [1.54, 1.807) is 13.1 Å². The summed E-state index contributed by atoms with van der Waals surface area (Å²) in [6.45, 7) is 9.90. The van der Waals surface area contributed by atoms with Crippen LogP contribution in [-0.4, -0.2) is 40.5 Å². The first-order chi connectivity index (χ1) is 15.6. The number of aliphatic hydroxyl groups is 2. The van der Waals surface area contributed by atoms with Crippen LogP contribution >= 0.6 is 0 Å². The van der Waals surface area contributed by atoms with Gasteiger partial charge in [0.15, 0.2) is 0 Å². The van der Waals surface area contributed by atoms with Crippen LogP contribution in [0.2, 0.25) is 0 Å². The molecule has 1 aromatic heterocycles. The van der Waals surface area contributed by atoms with Crippen molar-refractivity contribution in [3.63, 3.8) is 0 Å². The Balaban J connectivity index is 0.00000121. The standard InChI is InChI=1S/C23H25NO4.2C2H6/c1-2-28-22(27)13-18-14-24-21-9-4-3-8-20(21)23(18)17-7-5-6-16(12-17)10-11-19(26)15-25;2*1-2/h3-9,12,14,19,25-26H,2,10-11,13,15H2,1H3;2*1-2H3. The highest BCUT2D eigenvalue weighted by molar-refractivity contribution is 5.97. The third-order valence-electron chi connectivity index (χ3n) is 4.69. The van der Waals surface area contributed by atoms with Crippen molar-refractivity contribution in [1.29, 1.82) is 0 Å². The Labute approximate surface area is 192 Å². The number of benzene rings is 2. The number of aromatic nitrogens is 1. The molecule has 0 spiro atoms. The second-order valence-electron chi connectivity index (χ2n) is 6.73. The number of ether oxygens (including phenoxy) is 1. The van der Waals surface area contributed by atoms with Crippen LogP contribution in [0, 0.1) is 0 Å². The molecule has 5 nitrogen and oxygen atoms in total. The lowest BCUT2D eigenvalue weighted by Crippen LogP contribution is -2.12. The highest BCUT2D eigenvalue weighted by atomic mass is 16.5. The SMILES string of the molecule is CC.CC.CCOC(=O)Cc1cnc2ccccc2c1-c1cccc(CCC(O)CO)c1. The van der Waals surface area contributed by atoms with Crippen LogP contribution in [0.3, 0.4) is 0 Å². The van der Waals surface area contributed by atoms with Crippen molar-refractivity contribution in [3.8, 4) is 11.1 Å². The van der Waals surface area contributed by atoms with Gasteiger partial charge < -0.3 is 14.9 Å². The molecule has 0 aliphatic rings. The summed E-state index contributed by atoms with van der Waals surface area (Å²) in [4.78, 5) is 16.6. The number of carbonyl (C=O) groups is 1. The first-order valence-electron chi connectivity index (χ1n) is 11.5. The first-order valence-corrected chi connectivity index (χ1v) is 11.5. The molecule has 0 saturated heterocycles. The number of esters is 1. The number of rotatable bonds is 8. The van der Waals surface area contributed by atoms with Crippen LogP contribution < -0.4 is 0 Å². The summed E-state index contributed by atoms with van der Waals surface area (Å²) in [6.07, 6.45) is 2.34. The van der Waals surface area contributed by atoms with Gasteiger partial charge in [-0.1, -0.05) is 70.2 Å². The zero-order chi connectivity index (χ0) is 23.9. The predicted octanol–water partition coefficient (Wildman–Crippen LogP) is 5.35. The Morgan fingerprint density at radius 2 is 1.78 bits per heavy atom. The topological polar surface area (TPSA) is 79.7 Å². The summed E-state index contributed by atoms with van der Waals surface area (Å²) >= 11 is 0. The van der Waals surface area contributed by atoms with Crippen LogP contribution in [0.1, 0.15) is 52.2 Å². The Hall–Kier alpha value is -2.76. The third kappa shape index (κ3) is 7.74. The molecule has 1 unspecified atom stereocenters. The molecule has 1 heterocycles. The van der Waals surface area contributed by atoms with Crippen molar-refractivity contribution in [2.75, 3.05) is 13.2 Å². The van der Waals surface area contributed by atoms with E-state index in [0.717, 1.165) is 33.2 Å². The Bertz CT molecular complexity index is 955. The molecule has 0 radical (unpaired) electrons. The zero-order valence-corrected chi connectivity index (χ0v) is 20.0. The van der Waals surface area contributed by atoms with Crippen LogP contribution in [0.4, 0.5) is 0 Å². The minimum atomic E-state index is -0.718. The second-order valence-corrected chi connectivity index (χ2v) is 6.73. The molecule has 32 heavy (non-hydrogen) atoms. The third-order valence-corrected chi connectivity index (χ3v) is 4.69. The van der Waals surface area contributed by atoms with Gasteiger partial charge in [0.25, 0.3) is 0 Å². The quantitative estimate of drug-likeness (QED) is 0.463. The van der Waals surface area contributed by atoms with Gasteiger partial charge in [0.05, 0.1) is 31.3 Å². The fourth-order valence-electron chi connectivity index (χ4n) is 3.33. The van der Waals surface area contributed by atoms with E-state index in [9.17, 15) is 9.90 Å². The lowest BCUT2D eigenvalue weighted by Gasteiger charge is -2.14. The maximum Gasteiger partial charge on any atom is 0.310 e.